The molecule has 1 saturated heterocycles. The van der Waals surface area contributed by atoms with Gasteiger partial charge in [0, 0.05) is 38.2 Å². The molecule has 152 valence electrons. The molecule has 7 nitrogen and oxygen atoms in total. The number of nitrogens with zero attached hydrogens (tertiary/aromatic N) is 6. The van der Waals surface area contributed by atoms with Gasteiger partial charge in [-0.15, -0.1) is 10.2 Å². The van der Waals surface area contributed by atoms with Gasteiger partial charge in [0.05, 0.1) is 6.54 Å². The van der Waals surface area contributed by atoms with Crippen LogP contribution in [0.5, 0.6) is 0 Å². The Balaban J connectivity index is 1.37. The first-order valence-electron chi connectivity index (χ1n) is 10.2. The maximum absolute atomic E-state index is 12.5. The fourth-order valence-corrected chi connectivity index (χ4v) is 3.28. The molecular weight excluding hydrogens is 352 g/mol. The van der Waals surface area contributed by atoms with E-state index in [9.17, 15) is 4.79 Å². The topological polar surface area (TPSA) is 67.2 Å². The van der Waals surface area contributed by atoms with Gasteiger partial charge in [-0.3, -0.25) is 9.69 Å². The minimum atomic E-state index is 0.235. The molecule has 2 heterocycles. The Morgan fingerprint density at radius 3 is 2.43 bits per heavy atom. The zero-order chi connectivity index (χ0) is 20.0. The third-order valence-electron chi connectivity index (χ3n) is 5.14. The number of aryl methyl sites for hydroxylation is 1. The number of benzene rings is 1. The van der Waals surface area contributed by atoms with Crippen LogP contribution in [0.3, 0.4) is 0 Å². The molecule has 2 aromatic rings. The Labute approximate surface area is 167 Å². The molecule has 0 bridgehead atoms. The van der Waals surface area contributed by atoms with Crippen LogP contribution in [0, 0.1) is 5.41 Å². The molecule has 0 unspecified atom stereocenters. The Morgan fingerprint density at radius 2 is 1.75 bits per heavy atom. The average Bonchev–Trinajstić information content (AvgIpc) is 3.16. The van der Waals surface area contributed by atoms with E-state index in [1.807, 2.05) is 35.2 Å². The number of piperazine rings is 1. The number of hydrogen-bond acceptors (Lipinski definition) is 5. The molecule has 1 aliphatic rings. The molecule has 0 saturated carbocycles. The minimum absolute atomic E-state index is 0.235. The monoisotopic (exact) mass is 384 g/mol. The molecule has 0 aliphatic carbocycles. The van der Waals surface area contributed by atoms with Crippen molar-refractivity contribution >= 4 is 5.91 Å². The second-order valence-electron chi connectivity index (χ2n) is 8.71. The summed E-state index contributed by atoms with van der Waals surface area (Å²) in [6, 6.07) is 9.80. The predicted molar refractivity (Wildman–Crippen MR) is 110 cm³/mol. The van der Waals surface area contributed by atoms with E-state index in [2.05, 4.69) is 41.1 Å². The number of rotatable bonds is 7. The van der Waals surface area contributed by atoms with Gasteiger partial charge in [-0.2, -0.15) is 4.80 Å². The van der Waals surface area contributed by atoms with Crippen LogP contribution in [0.15, 0.2) is 30.3 Å². The van der Waals surface area contributed by atoms with Crippen LogP contribution in [0.4, 0.5) is 0 Å². The van der Waals surface area contributed by atoms with Gasteiger partial charge in [0.15, 0.2) is 0 Å². The third kappa shape index (κ3) is 6.12. The number of tetrazole rings is 1. The number of carbonyl (C=O) groups is 1. The van der Waals surface area contributed by atoms with Crippen molar-refractivity contribution in [1.82, 2.24) is 30.0 Å². The van der Waals surface area contributed by atoms with Crippen LogP contribution in [-0.4, -0.2) is 68.6 Å². The molecule has 7 heteroatoms. The highest BCUT2D eigenvalue weighted by Gasteiger charge is 2.22. The van der Waals surface area contributed by atoms with Crippen molar-refractivity contribution in [2.45, 2.75) is 46.6 Å². The van der Waals surface area contributed by atoms with Gasteiger partial charge >= 0.3 is 0 Å². The lowest BCUT2D eigenvalue weighted by molar-refractivity contribution is -0.133. The Hall–Kier alpha value is -2.28. The number of hydrogen-bond donors (Lipinski definition) is 0. The first-order valence-corrected chi connectivity index (χ1v) is 10.2. The lowest BCUT2D eigenvalue weighted by Gasteiger charge is -2.36. The zero-order valence-corrected chi connectivity index (χ0v) is 17.3. The highest BCUT2D eigenvalue weighted by Crippen LogP contribution is 2.19. The van der Waals surface area contributed by atoms with Gasteiger partial charge in [0.1, 0.15) is 0 Å². The number of amides is 1. The maximum Gasteiger partial charge on any atom is 0.222 e. The van der Waals surface area contributed by atoms with Crippen molar-refractivity contribution in [3.8, 4) is 11.4 Å². The molecule has 1 aliphatic heterocycles. The molecule has 1 fully saturated rings. The van der Waals surface area contributed by atoms with E-state index in [4.69, 9.17) is 0 Å². The van der Waals surface area contributed by atoms with Crippen LogP contribution >= 0.6 is 0 Å². The fraction of sp³-hybridized carbons (Fsp3) is 0.619. The second kappa shape index (κ2) is 9.28. The lowest BCUT2D eigenvalue weighted by Crippen LogP contribution is -2.49. The number of aromatic nitrogens is 4. The first-order chi connectivity index (χ1) is 13.4. The molecule has 0 N–H and O–H groups in total. The fourth-order valence-electron chi connectivity index (χ4n) is 3.28. The highest BCUT2D eigenvalue weighted by molar-refractivity contribution is 5.76. The highest BCUT2D eigenvalue weighted by atomic mass is 16.2. The molecule has 0 spiro atoms. The van der Waals surface area contributed by atoms with E-state index in [1.165, 1.54) is 6.42 Å². The maximum atomic E-state index is 12.5. The first kappa shape index (κ1) is 20.5. The van der Waals surface area contributed by atoms with E-state index < -0.39 is 0 Å². The van der Waals surface area contributed by atoms with Gasteiger partial charge in [0.25, 0.3) is 0 Å². The summed E-state index contributed by atoms with van der Waals surface area (Å²) in [6.45, 7) is 12.2. The summed E-state index contributed by atoms with van der Waals surface area (Å²) in [6.07, 6.45) is 2.45. The number of carbonyl (C=O) groups excluding carboxylic acids is 1. The molecule has 1 amide bonds. The summed E-state index contributed by atoms with van der Waals surface area (Å²) in [5.41, 5.74) is 1.32. The molecule has 28 heavy (non-hydrogen) atoms. The molecular formula is C21H32N6O. The summed E-state index contributed by atoms with van der Waals surface area (Å²) < 4.78 is 0. The predicted octanol–water partition coefficient (Wildman–Crippen LogP) is 2.70. The molecule has 1 aromatic carbocycles. The summed E-state index contributed by atoms with van der Waals surface area (Å²) in [5.74, 6) is 0.858. The van der Waals surface area contributed by atoms with Crippen LogP contribution in [0.1, 0.15) is 40.0 Å². The zero-order valence-electron chi connectivity index (χ0n) is 17.3. The second-order valence-corrected chi connectivity index (χ2v) is 8.71. The molecule has 0 radical (unpaired) electrons. The minimum Gasteiger partial charge on any atom is -0.340 e. The average molecular weight is 385 g/mol. The van der Waals surface area contributed by atoms with Gasteiger partial charge in [0.2, 0.25) is 11.7 Å². The summed E-state index contributed by atoms with van der Waals surface area (Å²) in [7, 11) is 0. The Kier molecular flexibility index (Phi) is 6.78. The Bertz CT molecular complexity index is 744. The van der Waals surface area contributed by atoms with Crippen molar-refractivity contribution in [3.63, 3.8) is 0 Å². The van der Waals surface area contributed by atoms with Crippen LogP contribution < -0.4 is 0 Å². The van der Waals surface area contributed by atoms with Crippen molar-refractivity contribution in [3.05, 3.63) is 30.3 Å². The lowest BCUT2D eigenvalue weighted by atomic mass is 9.92. The van der Waals surface area contributed by atoms with Crippen molar-refractivity contribution < 1.29 is 4.79 Å². The quantitative estimate of drug-likeness (QED) is 0.734. The molecule has 0 atom stereocenters. The summed E-state index contributed by atoms with van der Waals surface area (Å²) in [5, 5.41) is 12.6. The van der Waals surface area contributed by atoms with Crippen molar-refractivity contribution in [2.24, 2.45) is 5.41 Å². The van der Waals surface area contributed by atoms with Gasteiger partial charge in [-0.05, 0) is 30.0 Å². The van der Waals surface area contributed by atoms with Crippen molar-refractivity contribution in [2.75, 3.05) is 32.7 Å². The van der Waals surface area contributed by atoms with Gasteiger partial charge < -0.3 is 4.90 Å². The van der Waals surface area contributed by atoms with E-state index in [0.29, 0.717) is 24.2 Å². The summed E-state index contributed by atoms with van der Waals surface area (Å²) >= 11 is 0. The third-order valence-corrected chi connectivity index (χ3v) is 5.14. The molecule has 3 rings (SSSR count). The summed E-state index contributed by atoms with van der Waals surface area (Å²) in [4.78, 5) is 18.5. The molecule has 1 aromatic heterocycles. The van der Waals surface area contributed by atoms with E-state index in [-0.39, 0.29) is 5.91 Å². The van der Waals surface area contributed by atoms with Gasteiger partial charge in [-0.25, -0.2) is 0 Å². The van der Waals surface area contributed by atoms with Crippen molar-refractivity contribution in [1.29, 1.82) is 0 Å². The SMILES string of the molecule is CC(C)(C)CCN1CCN(C(=O)CCCn2nnc(-c3ccccc3)n2)CC1. The normalized spacial score (nSPS) is 15.8. The largest absolute Gasteiger partial charge is 0.340 e. The van der Waals surface area contributed by atoms with Gasteiger partial charge in [-0.1, -0.05) is 51.1 Å². The van der Waals surface area contributed by atoms with E-state index in [1.54, 1.807) is 4.80 Å². The van der Waals surface area contributed by atoms with E-state index >= 15 is 0 Å². The van der Waals surface area contributed by atoms with Crippen LogP contribution in [0.25, 0.3) is 11.4 Å². The smallest absolute Gasteiger partial charge is 0.222 e. The Morgan fingerprint density at radius 1 is 1.04 bits per heavy atom. The van der Waals surface area contributed by atoms with E-state index in [0.717, 1.165) is 44.7 Å². The van der Waals surface area contributed by atoms with Crippen LogP contribution in [0.2, 0.25) is 0 Å². The standard InChI is InChI=1S/C21H32N6O/c1-21(2,3)11-13-25-14-16-26(17-15-25)19(28)10-7-12-27-23-20(22-24-27)18-8-5-4-6-9-18/h4-6,8-9H,7,10-17H2,1-3H3. The van der Waals surface area contributed by atoms with Crippen LogP contribution in [-0.2, 0) is 11.3 Å².